The third kappa shape index (κ3) is 4.71. The SMILES string of the molecule is O=C(COc1ccccc1Cl)NCCc1cc(Cl)c2c(c1)OCCO2. The highest BCUT2D eigenvalue weighted by Crippen LogP contribution is 2.38. The van der Waals surface area contributed by atoms with E-state index in [9.17, 15) is 4.79 Å². The molecule has 2 aromatic rings. The summed E-state index contributed by atoms with van der Waals surface area (Å²) in [5.74, 6) is 1.48. The molecule has 0 atom stereocenters. The van der Waals surface area contributed by atoms with E-state index in [1.807, 2.05) is 12.1 Å². The van der Waals surface area contributed by atoms with Gasteiger partial charge in [0.25, 0.3) is 5.91 Å². The third-order valence-corrected chi connectivity index (χ3v) is 4.18. The molecule has 1 aliphatic rings. The van der Waals surface area contributed by atoms with Crippen LogP contribution < -0.4 is 19.5 Å². The van der Waals surface area contributed by atoms with Crippen LogP contribution in [0, 0.1) is 0 Å². The summed E-state index contributed by atoms with van der Waals surface area (Å²) in [7, 11) is 0. The standard InChI is InChI=1S/C18H17Cl2NO4/c19-13-3-1-2-4-15(13)25-11-17(22)21-6-5-12-9-14(20)18-16(10-12)23-7-8-24-18/h1-4,9-10H,5-8,11H2,(H,21,22). The number of carbonyl (C=O) groups excluding carboxylic acids is 1. The van der Waals surface area contributed by atoms with Gasteiger partial charge in [-0.15, -0.1) is 0 Å². The predicted octanol–water partition coefficient (Wildman–Crippen LogP) is 3.50. The third-order valence-electron chi connectivity index (χ3n) is 3.59. The first-order valence-electron chi connectivity index (χ1n) is 7.85. The van der Waals surface area contributed by atoms with Crippen molar-refractivity contribution in [3.05, 3.63) is 52.0 Å². The van der Waals surface area contributed by atoms with Crippen molar-refractivity contribution in [2.45, 2.75) is 6.42 Å². The van der Waals surface area contributed by atoms with E-state index in [1.54, 1.807) is 24.3 Å². The van der Waals surface area contributed by atoms with Gasteiger partial charge in [0.2, 0.25) is 0 Å². The lowest BCUT2D eigenvalue weighted by Crippen LogP contribution is -2.30. The van der Waals surface area contributed by atoms with Crippen LogP contribution in [0.2, 0.25) is 10.0 Å². The van der Waals surface area contributed by atoms with Gasteiger partial charge in [-0.25, -0.2) is 0 Å². The Morgan fingerprint density at radius 2 is 1.92 bits per heavy atom. The molecule has 0 radical (unpaired) electrons. The molecule has 0 aromatic heterocycles. The van der Waals surface area contributed by atoms with E-state index in [0.717, 1.165) is 5.56 Å². The summed E-state index contributed by atoms with van der Waals surface area (Å²) in [5, 5.41) is 3.79. The molecular formula is C18H17Cl2NO4. The zero-order chi connectivity index (χ0) is 17.6. The molecule has 25 heavy (non-hydrogen) atoms. The van der Waals surface area contributed by atoms with Crippen molar-refractivity contribution in [3.63, 3.8) is 0 Å². The topological polar surface area (TPSA) is 56.8 Å². The van der Waals surface area contributed by atoms with Crippen molar-refractivity contribution in [1.29, 1.82) is 0 Å². The maximum absolute atomic E-state index is 11.9. The minimum absolute atomic E-state index is 0.0916. The van der Waals surface area contributed by atoms with Crippen LogP contribution in [0.1, 0.15) is 5.56 Å². The van der Waals surface area contributed by atoms with Crippen LogP contribution in [0.15, 0.2) is 36.4 Å². The lowest BCUT2D eigenvalue weighted by Gasteiger charge is -2.20. The first-order valence-corrected chi connectivity index (χ1v) is 8.61. The summed E-state index contributed by atoms with van der Waals surface area (Å²) in [6.07, 6.45) is 0.619. The van der Waals surface area contributed by atoms with Gasteiger partial charge in [-0.2, -0.15) is 0 Å². The molecule has 2 aromatic carbocycles. The van der Waals surface area contributed by atoms with Gasteiger partial charge >= 0.3 is 0 Å². The van der Waals surface area contributed by atoms with Crippen molar-refractivity contribution in [2.24, 2.45) is 0 Å². The molecule has 1 amide bonds. The second kappa shape index (κ2) is 8.32. The highest BCUT2D eigenvalue weighted by Gasteiger charge is 2.16. The quantitative estimate of drug-likeness (QED) is 0.831. The molecule has 0 saturated heterocycles. The summed E-state index contributed by atoms with van der Waals surface area (Å²) in [5.41, 5.74) is 0.960. The molecule has 0 fully saturated rings. The number of nitrogens with one attached hydrogen (secondary N) is 1. The highest BCUT2D eigenvalue weighted by atomic mass is 35.5. The molecule has 132 valence electrons. The minimum Gasteiger partial charge on any atom is -0.486 e. The zero-order valence-electron chi connectivity index (χ0n) is 13.4. The zero-order valence-corrected chi connectivity index (χ0v) is 14.9. The molecule has 0 saturated carbocycles. The van der Waals surface area contributed by atoms with Crippen molar-refractivity contribution < 1.29 is 19.0 Å². The van der Waals surface area contributed by atoms with Gasteiger partial charge in [0.05, 0.1) is 10.0 Å². The molecule has 0 bridgehead atoms. The predicted molar refractivity (Wildman–Crippen MR) is 96.1 cm³/mol. The number of halogens is 2. The second-order valence-corrected chi connectivity index (χ2v) is 6.24. The van der Waals surface area contributed by atoms with E-state index in [2.05, 4.69) is 5.32 Å². The van der Waals surface area contributed by atoms with Crippen molar-refractivity contribution in [1.82, 2.24) is 5.32 Å². The van der Waals surface area contributed by atoms with E-state index in [-0.39, 0.29) is 12.5 Å². The number of fused-ring (bicyclic) bond motifs is 1. The molecule has 0 spiro atoms. The van der Waals surface area contributed by atoms with Crippen LogP contribution in [0.4, 0.5) is 0 Å². The van der Waals surface area contributed by atoms with E-state index < -0.39 is 0 Å². The summed E-state index contributed by atoms with van der Waals surface area (Å²) in [6.45, 7) is 1.36. The monoisotopic (exact) mass is 381 g/mol. The van der Waals surface area contributed by atoms with Gasteiger partial charge in [0.15, 0.2) is 18.1 Å². The molecule has 0 unspecified atom stereocenters. The molecule has 0 aliphatic carbocycles. The van der Waals surface area contributed by atoms with Gasteiger partial charge < -0.3 is 19.5 Å². The van der Waals surface area contributed by atoms with Gasteiger partial charge in [-0.3, -0.25) is 4.79 Å². The molecule has 3 rings (SSSR count). The molecule has 5 nitrogen and oxygen atoms in total. The fraction of sp³-hybridized carbons (Fsp3) is 0.278. The smallest absolute Gasteiger partial charge is 0.257 e. The van der Waals surface area contributed by atoms with E-state index >= 15 is 0 Å². The number of hydrogen-bond donors (Lipinski definition) is 1. The minimum atomic E-state index is -0.219. The number of rotatable bonds is 6. The van der Waals surface area contributed by atoms with Crippen molar-refractivity contribution >= 4 is 29.1 Å². The van der Waals surface area contributed by atoms with Crippen LogP contribution in [-0.2, 0) is 11.2 Å². The van der Waals surface area contributed by atoms with Crippen molar-refractivity contribution in [3.8, 4) is 17.2 Å². The fourth-order valence-corrected chi connectivity index (χ4v) is 2.89. The fourth-order valence-electron chi connectivity index (χ4n) is 2.41. The van der Waals surface area contributed by atoms with Gasteiger partial charge in [-0.1, -0.05) is 35.3 Å². The maximum atomic E-state index is 11.9. The Hall–Kier alpha value is -2.11. The largest absolute Gasteiger partial charge is 0.486 e. The first-order chi connectivity index (χ1) is 12.1. The average molecular weight is 382 g/mol. The molecule has 1 heterocycles. The lowest BCUT2D eigenvalue weighted by molar-refractivity contribution is -0.123. The highest BCUT2D eigenvalue weighted by molar-refractivity contribution is 6.32. The van der Waals surface area contributed by atoms with E-state index in [4.69, 9.17) is 37.4 Å². The Balaban J connectivity index is 1.47. The Morgan fingerprint density at radius 1 is 1.12 bits per heavy atom. The van der Waals surface area contributed by atoms with Crippen LogP contribution in [0.5, 0.6) is 17.2 Å². The molecule has 1 aliphatic heterocycles. The number of hydrogen-bond acceptors (Lipinski definition) is 4. The number of benzene rings is 2. The van der Waals surface area contributed by atoms with Gasteiger partial charge in [0, 0.05) is 6.54 Å². The number of para-hydroxylation sites is 1. The van der Waals surface area contributed by atoms with Gasteiger partial charge in [-0.05, 0) is 36.2 Å². The van der Waals surface area contributed by atoms with Gasteiger partial charge in [0.1, 0.15) is 19.0 Å². The molecule has 1 N–H and O–H groups in total. The normalized spacial score (nSPS) is 12.6. The Kier molecular flexibility index (Phi) is 5.89. The first kappa shape index (κ1) is 17.7. The Labute approximate surface area is 155 Å². The maximum Gasteiger partial charge on any atom is 0.257 e. The average Bonchev–Trinajstić information content (AvgIpc) is 2.61. The van der Waals surface area contributed by atoms with E-state index in [0.29, 0.717) is 53.5 Å². The summed E-state index contributed by atoms with van der Waals surface area (Å²) in [6, 6.07) is 10.7. The summed E-state index contributed by atoms with van der Waals surface area (Å²) >= 11 is 12.2. The number of carbonyl (C=O) groups is 1. The van der Waals surface area contributed by atoms with Crippen molar-refractivity contribution in [2.75, 3.05) is 26.4 Å². The lowest BCUT2D eigenvalue weighted by atomic mass is 10.1. The molecule has 7 heteroatoms. The summed E-state index contributed by atoms with van der Waals surface area (Å²) < 4.78 is 16.4. The second-order valence-electron chi connectivity index (χ2n) is 5.42. The Morgan fingerprint density at radius 3 is 2.76 bits per heavy atom. The van der Waals surface area contributed by atoms with Crippen LogP contribution in [0.3, 0.4) is 0 Å². The van der Waals surface area contributed by atoms with Crippen LogP contribution in [-0.4, -0.2) is 32.3 Å². The number of amides is 1. The number of ether oxygens (including phenoxy) is 3. The Bertz CT molecular complexity index is 767. The van der Waals surface area contributed by atoms with Crippen LogP contribution >= 0.6 is 23.2 Å². The molecular weight excluding hydrogens is 365 g/mol. The summed E-state index contributed by atoms with van der Waals surface area (Å²) in [4.78, 5) is 11.9. The van der Waals surface area contributed by atoms with E-state index in [1.165, 1.54) is 0 Å². The van der Waals surface area contributed by atoms with Crippen LogP contribution in [0.25, 0.3) is 0 Å².